The lowest BCUT2D eigenvalue weighted by molar-refractivity contribution is 0.627. The summed E-state index contributed by atoms with van der Waals surface area (Å²) in [6, 6.07) is 4.75. The van der Waals surface area contributed by atoms with Gasteiger partial charge in [0.1, 0.15) is 5.15 Å². The van der Waals surface area contributed by atoms with E-state index in [0.29, 0.717) is 15.9 Å². The molecule has 5 nitrogen and oxygen atoms in total. The van der Waals surface area contributed by atoms with E-state index in [1.165, 1.54) is 10.7 Å². The van der Waals surface area contributed by atoms with Gasteiger partial charge in [0.05, 0.1) is 29.1 Å². The Morgan fingerprint density at radius 2 is 2.05 bits per heavy atom. The van der Waals surface area contributed by atoms with E-state index in [1.54, 1.807) is 18.3 Å². The van der Waals surface area contributed by atoms with Crippen LogP contribution in [0.3, 0.4) is 0 Å². The second-order valence-corrected chi connectivity index (χ2v) is 4.96. The van der Waals surface area contributed by atoms with Crippen molar-refractivity contribution in [2.24, 2.45) is 0 Å². The standard InChI is InChI=1S/C12H12Cl2N4O/c1-17(2)8-5-12(19)18(15-6-8)7-10-9(13)3-4-11(14)16-10/h3-6H,7H2,1-2H3. The highest BCUT2D eigenvalue weighted by Crippen LogP contribution is 2.17. The Balaban J connectivity index is 2.34. The molecule has 0 saturated heterocycles. The van der Waals surface area contributed by atoms with Gasteiger partial charge < -0.3 is 4.90 Å². The predicted molar refractivity (Wildman–Crippen MR) is 76.2 cm³/mol. The number of pyridine rings is 1. The maximum atomic E-state index is 11.9. The molecule has 2 heterocycles. The molecule has 100 valence electrons. The van der Waals surface area contributed by atoms with Gasteiger partial charge in [0.2, 0.25) is 0 Å². The summed E-state index contributed by atoms with van der Waals surface area (Å²) in [6.45, 7) is 0.186. The highest BCUT2D eigenvalue weighted by Gasteiger charge is 2.07. The Bertz CT molecular complexity index is 654. The number of hydrogen-bond donors (Lipinski definition) is 0. The van der Waals surface area contributed by atoms with Gasteiger partial charge in [0, 0.05) is 20.2 Å². The van der Waals surface area contributed by atoms with Crippen LogP contribution < -0.4 is 10.5 Å². The van der Waals surface area contributed by atoms with Crippen LogP contribution >= 0.6 is 23.2 Å². The van der Waals surface area contributed by atoms with Crippen LogP contribution in [-0.2, 0) is 6.54 Å². The molecule has 2 aromatic heterocycles. The molecule has 0 spiro atoms. The third kappa shape index (κ3) is 3.24. The molecule has 0 saturated carbocycles. The van der Waals surface area contributed by atoms with E-state index in [0.717, 1.165) is 5.69 Å². The molecule has 7 heteroatoms. The van der Waals surface area contributed by atoms with Crippen LogP contribution in [0.1, 0.15) is 5.69 Å². The van der Waals surface area contributed by atoms with E-state index in [4.69, 9.17) is 23.2 Å². The Labute approximate surface area is 120 Å². The average Bonchev–Trinajstić information content (AvgIpc) is 2.36. The van der Waals surface area contributed by atoms with Crippen LogP contribution in [-0.4, -0.2) is 28.9 Å². The smallest absolute Gasteiger partial charge is 0.269 e. The maximum absolute atomic E-state index is 11.9. The van der Waals surface area contributed by atoms with Gasteiger partial charge in [0.15, 0.2) is 0 Å². The van der Waals surface area contributed by atoms with Crippen molar-refractivity contribution in [1.82, 2.24) is 14.8 Å². The second-order valence-electron chi connectivity index (χ2n) is 4.17. The first-order valence-electron chi connectivity index (χ1n) is 5.53. The van der Waals surface area contributed by atoms with Gasteiger partial charge in [0.25, 0.3) is 5.56 Å². The Kier molecular flexibility index (Phi) is 4.07. The largest absolute Gasteiger partial charge is 0.376 e. The molecule has 0 aliphatic carbocycles. The van der Waals surface area contributed by atoms with Crippen molar-refractivity contribution in [2.75, 3.05) is 19.0 Å². The molecule has 0 amide bonds. The highest BCUT2D eigenvalue weighted by molar-refractivity contribution is 6.32. The third-order valence-corrected chi connectivity index (χ3v) is 3.11. The van der Waals surface area contributed by atoms with Crippen molar-refractivity contribution in [3.8, 4) is 0 Å². The summed E-state index contributed by atoms with van der Waals surface area (Å²) in [5.74, 6) is 0. The zero-order valence-corrected chi connectivity index (χ0v) is 12.0. The Morgan fingerprint density at radius 1 is 1.32 bits per heavy atom. The molecular formula is C12H12Cl2N4O. The topological polar surface area (TPSA) is 51.0 Å². The van der Waals surface area contributed by atoms with Crippen molar-refractivity contribution < 1.29 is 0 Å². The minimum atomic E-state index is -0.218. The minimum Gasteiger partial charge on any atom is -0.376 e. The van der Waals surface area contributed by atoms with Gasteiger partial charge in [-0.15, -0.1) is 0 Å². The number of anilines is 1. The van der Waals surface area contributed by atoms with Crippen LogP contribution in [0.5, 0.6) is 0 Å². The average molecular weight is 299 g/mol. The lowest BCUT2D eigenvalue weighted by atomic mass is 10.3. The van der Waals surface area contributed by atoms with Crippen LogP contribution in [0.4, 0.5) is 5.69 Å². The number of aromatic nitrogens is 3. The summed E-state index contributed by atoms with van der Waals surface area (Å²) < 4.78 is 1.29. The van der Waals surface area contributed by atoms with Gasteiger partial charge in [-0.25, -0.2) is 9.67 Å². The normalized spacial score (nSPS) is 10.5. The molecule has 19 heavy (non-hydrogen) atoms. The molecule has 0 radical (unpaired) electrons. The fraction of sp³-hybridized carbons (Fsp3) is 0.250. The molecule has 0 unspecified atom stereocenters. The summed E-state index contributed by atoms with van der Waals surface area (Å²) in [5, 5.41) is 4.87. The molecule has 0 atom stereocenters. The second kappa shape index (κ2) is 5.59. The molecule has 0 aliphatic rings. The minimum absolute atomic E-state index is 0.186. The Hall–Kier alpha value is -1.59. The van der Waals surface area contributed by atoms with Crippen LogP contribution in [0.15, 0.2) is 29.2 Å². The van der Waals surface area contributed by atoms with E-state index in [2.05, 4.69) is 10.1 Å². The van der Waals surface area contributed by atoms with Gasteiger partial charge in [-0.1, -0.05) is 23.2 Å². The fourth-order valence-corrected chi connectivity index (χ4v) is 1.83. The van der Waals surface area contributed by atoms with E-state index >= 15 is 0 Å². The summed E-state index contributed by atoms with van der Waals surface area (Å²) in [4.78, 5) is 17.8. The predicted octanol–water partition coefficient (Wildman–Crippen LogP) is 2.06. The molecule has 0 aromatic carbocycles. The quantitative estimate of drug-likeness (QED) is 0.814. The van der Waals surface area contributed by atoms with Crippen molar-refractivity contribution in [2.45, 2.75) is 6.54 Å². The van der Waals surface area contributed by atoms with Crippen LogP contribution in [0.2, 0.25) is 10.2 Å². The number of halogens is 2. The van der Waals surface area contributed by atoms with Gasteiger partial charge in [-0.2, -0.15) is 5.10 Å². The SMILES string of the molecule is CN(C)c1cnn(Cc2nc(Cl)ccc2Cl)c(=O)c1. The monoisotopic (exact) mass is 298 g/mol. The molecular weight excluding hydrogens is 287 g/mol. The van der Waals surface area contributed by atoms with Gasteiger partial charge >= 0.3 is 0 Å². The molecule has 0 bridgehead atoms. The van der Waals surface area contributed by atoms with Crippen LogP contribution in [0, 0.1) is 0 Å². The van der Waals surface area contributed by atoms with Crippen molar-refractivity contribution in [1.29, 1.82) is 0 Å². The van der Waals surface area contributed by atoms with E-state index in [-0.39, 0.29) is 12.1 Å². The third-order valence-electron chi connectivity index (χ3n) is 2.56. The lowest BCUT2D eigenvalue weighted by Gasteiger charge is -2.12. The fourth-order valence-electron chi connectivity index (χ4n) is 1.50. The number of nitrogens with zero attached hydrogens (tertiary/aromatic N) is 4. The van der Waals surface area contributed by atoms with Crippen molar-refractivity contribution in [3.05, 3.63) is 50.6 Å². The van der Waals surface area contributed by atoms with Gasteiger partial charge in [-0.05, 0) is 12.1 Å². The molecule has 0 aliphatic heterocycles. The number of hydrogen-bond acceptors (Lipinski definition) is 4. The molecule has 0 fully saturated rings. The van der Waals surface area contributed by atoms with E-state index in [1.807, 2.05) is 19.0 Å². The number of rotatable bonds is 3. The molecule has 2 aromatic rings. The first kappa shape index (κ1) is 13.8. The maximum Gasteiger partial charge on any atom is 0.269 e. The van der Waals surface area contributed by atoms with Gasteiger partial charge in [-0.3, -0.25) is 4.79 Å². The summed E-state index contributed by atoms with van der Waals surface area (Å²) in [7, 11) is 3.69. The lowest BCUT2D eigenvalue weighted by Crippen LogP contribution is -2.25. The van der Waals surface area contributed by atoms with Crippen LogP contribution in [0.25, 0.3) is 0 Å². The van der Waals surface area contributed by atoms with Crippen molar-refractivity contribution in [3.63, 3.8) is 0 Å². The molecule has 0 N–H and O–H groups in total. The highest BCUT2D eigenvalue weighted by atomic mass is 35.5. The van der Waals surface area contributed by atoms with E-state index in [9.17, 15) is 4.79 Å². The van der Waals surface area contributed by atoms with Crippen molar-refractivity contribution >= 4 is 28.9 Å². The summed E-state index contributed by atoms with van der Waals surface area (Å²) >= 11 is 11.8. The Morgan fingerprint density at radius 3 is 2.68 bits per heavy atom. The first-order valence-corrected chi connectivity index (χ1v) is 6.28. The zero-order chi connectivity index (χ0) is 14.0. The summed E-state index contributed by atoms with van der Waals surface area (Å²) in [6.07, 6.45) is 1.61. The van der Waals surface area contributed by atoms with E-state index < -0.39 is 0 Å². The first-order chi connectivity index (χ1) is 8.97. The molecule has 2 rings (SSSR count). The summed E-state index contributed by atoms with van der Waals surface area (Å²) in [5.41, 5.74) is 1.04. The zero-order valence-electron chi connectivity index (χ0n) is 10.5.